The van der Waals surface area contributed by atoms with E-state index in [0.29, 0.717) is 0 Å². The number of nitrogens with one attached hydrogen (secondary N) is 1. The number of para-hydroxylation sites is 1. The van der Waals surface area contributed by atoms with Gasteiger partial charge in [-0.25, -0.2) is 9.97 Å². The van der Waals surface area contributed by atoms with Gasteiger partial charge < -0.3 is 19.7 Å². The number of hydrogen-bond donors (Lipinski definition) is 1. The third-order valence-electron chi connectivity index (χ3n) is 7.75. The number of rotatable bonds is 13. The highest BCUT2D eigenvalue weighted by molar-refractivity contribution is 5.89. The molecule has 0 aliphatic heterocycles. The van der Waals surface area contributed by atoms with Crippen LogP contribution >= 0.6 is 0 Å². The van der Waals surface area contributed by atoms with Gasteiger partial charge in [0.05, 0.1) is 19.7 Å². The van der Waals surface area contributed by atoms with E-state index in [-0.39, 0.29) is 0 Å². The zero-order chi connectivity index (χ0) is 26.0. The van der Waals surface area contributed by atoms with E-state index in [9.17, 15) is 0 Å². The van der Waals surface area contributed by atoms with Gasteiger partial charge in [-0.15, -0.1) is 0 Å². The number of nitrogens with zero attached hydrogens (tertiary/aromatic N) is 3. The number of aromatic nitrogens is 2. The Labute approximate surface area is 222 Å². The first kappa shape index (κ1) is 27.2. The molecule has 0 spiro atoms. The highest BCUT2D eigenvalue weighted by atomic mass is 16.5. The minimum Gasteiger partial charge on any atom is -0.493 e. The summed E-state index contributed by atoms with van der Waals surface area (Å²) in [4.78, 5) is 11.8. The van der Waals surface area contributed by atoms with Crippen LogP contribution < -0.4 is 19.7 Å². The summed E-state index contributed by atoms with van der Waals surface area (Å²) < 4.78 is 10.8. The van der Waals surface area contributed by atoms with Crippen LogP contribution in [0, 0.1) is 11.8 Å². The molecular weight excluding hydrogens is 460 g/mol. The molecular formula is C31H44N4O2. The molecule has 0 unspecified atom stereocenters. The maximum atomic E-state index is 5.42. The Morgan fingerprint density at radius 2 is 1.62 bits per heavy atom. The van der Waals surface area contributed by atoms with Gasteiger partial charge in [-0.3, -0.25) is 0 Å². The Balaban J connectivity index is 1.12. The van der Waals surface area contributed by atoms with Crippen molar-refractivity contribution in [2.45, 2.75) is 57.8 Å². The predicted octanol–water partition coefficient (Wildman–Crippen LogP) is 6.06. The highest BCUT2D eigenvalue weighted by Gasteiger charge is 2.20. The minimum atomic E-state index is 0.788. The number of anilines is 1. The molecule has 0 amide bonds. The first-order valence-corrected chi connectivity index (χ1v) is 13.9. The molecule has 3 aromatic rings. The van der Waals surface area contributed by atoms with Crippen LogP contribution in [0.4, 0.5) is 5.82 Å². The molecule has 0 bridgehead atoms. The SMILES string of the molecule is COc1ccc(CCNCC2CCC(CCCCc3nc(N(C)C)c4ccccc4n3)CC2)cc1OC. The van der Waals surface area contributed by atoms with Crippen molar-refractivity contribution in [3.05, 3.63) is 53.9 Å². The average molecular weight is 505 g/mol. The molecule has 1 aliphatic carbocycles. The van der Waals surface area contributed by atoms with E-state index in [1.165, 1.54) is 50.5 Å². The number of hydrogen-bond acceptors (Lipinski definition) is 6. The maximum absolute atomic E-state index is 5.42. The van der Waals surface area contributed by atoms with E-state index in [0.717, 1.165) is 71.8 Å². The summed E-state index contributed by atoms with van der Waals surface area (Å²) in [7, 11) is 7.48. The van der Waals surface area contributed by atoms with Gasteiger partial charge in [0, 0.05) is 25.9 Å². The third kappa shape index (κ3) is 7.57. The number of aryl methyl sites for hydroxylation is 1. The first-order valence-electron chi connectivity index (χ1n) is 13.9. The largest absolute Gasteiger partial charge is 0.493 e. The van der Waals surface area contributed by atoms with Crippen LogP contribution in [-0.2, 0) is 12.8 Å². The molecule has 1 N–H and O–H groups in total. The predicted molar refractivity (Wildman–Crippen MR) is 153 cm³/mol. The van der Waals surface area contributed by atoms with Crippen molar-refractivity contribution in [1.82, 2.24) is 15.3 Å². The molecule has 6 heteroatoms. The van der Waals surface area contributed by atoms with Crippen LogP contribution in [-0.4, -0.2) is 51.4 Å². The molecule has 6 nitrogen and oxygen atoms in total. The van der Waals surface area contributed by atoms with E-state index >= 15 is 0 Å². The summed E-state index contributed by atoms with van der Waals surface area (Å²) in [6.45, 7) is 2.13. The summed E-state index contributed by atoms with van der Waals surface area (Å²) in [6, 6.07) is 14.5. The van der Waals surface area contributed by atoms with Gasteiger partial charge in [0.1, 0.15) is 11.6 Å². The Morgan fingerprint density at radius 3 is 2.38 bits per heavy atom. The average Bonchev–Trinajstić information content (AvgIpc) is 2.93. The van der Waals surface area contributed by atoms with Crippen LogP contribution in [0.5, 0.6) is 11.5 Å². The lowest BCUT2D eigenvalue weighted by Gasteiger charge is -2.28. The fourth-order valence-electron chi connectivity index (χ4n) is 5.57. The maximum Gasteiger partial charge on any atom is 0.160 e. The topological polar surface area (TPSA) is 59.5 Å². The van der Waals surface area contributed by atoms with Gasteiger partial charge >= 0.3 is 0 Å². The van der Waals surface area contributed by atoms with Gasteiger partial charge in [-0.1, -0.05) is 43.9 Å². The second kappa shape index (κ2) is 13.6. The van der Waals surface area contributed by atoms with Crippen molar-refractivity contribution in [3.63, 3.8) is 0 Å². The molecule has 0 saturated heterocycles. The van der Waals surface area contributed by atoms with Crippen molar-refractivity contribution < 1.29 is 9.47 Å². The lowest BCUT2D eigenvalue weighted by Crippen LogP contribution is -2.28. The Kier molecular flexibility index (Phi) is 10.0. The monoisotopic (exact) mass is 504 g/mol. The smallest absolute Gasteiger partial charge is 0.160 e. The quantitative estimate of drug-likeness (QED) is 0.285. The van der Waals surface area contributed by atoms with Gasteiger partial charge in [0.2, 0.25) is 0 Å². The van der Waals surface area contributed by atoms with E-state index in [4.69, 9.17) is 19.4 Å². The van der Waals surface area contributed by atoms with Crippen molar-refractivity contribution in [2.24, 2.45) is 11.8 Å². The molecule has 2 aromatic carbocycles. The number of benzene rings is 2. The molecule has 0 radical (unpaired) electrons. The third-order valence-corrected chi connectivity index (χ3v) is 7.75. The van der Waals surface area contributed by atoms with Crippen molar-refractivity contribution >= 4 is 16.7 Å². The zero-order valence-electron chi connectivity index (χ0n) is 23.1. The van der Waals surface area contributed by atoms with Crippen molar-refractivity contribution in [1.29, 1.82) is 0 Å². The van der Waals surface area contributed by atoms with Crippen LogP contribution in [0.25, 0.3) is 10.9 Å². The second-order valence-electron chi connectivity index (χ2n) is 10.7. The summed E-state index contributed by atoms with van der Waals surface area (Å²) in [5.74, 6) is 5.30. The second-order valence-corrected chi connectivity index (χ2v) is 10.7. The van der Waals surface area contributed by atoms with Gasteiger partial charge in [0.15, 0.2) is 11.5 Å². The van der Waals surface area contributed by atoms with Crippen LogP contribution in [0.3, 0.4) is 0 Å². The van der Waals surface area contributed by atoms with Gasteiger partial charge in [-0.2, -0.15) is 0 Å². The number of fused-ring (bicyclic) bond motifs is 1. The molecule has 1 aliphatic rings. The molecule has 200 valence electrons. The lowest BCUT2D eigenvalue weighted by atomic mass is 9.79. The van der Waals surface area contributed by atoms with Crippen molar-refractivity contribution in [3.8, 4) is 11.5 Å². The summed E-state index contributed by atoms with van der Waals surface area (Å²) in [5.41, 5.74) is 2.33. The number of methoxy groups -OCH3 is 2. The molecule has 1 aromatic heterocycles. The summed E-state index contributed by atoms with van der Waals surface area (Å²) in [5, 5.41) is 4.82. The lowest BCUT2D eigenvalue weighted by molar-refractivity contribution is 0.253. The fourth-order valence-corrected chi connectivity index (χ4v) is 5.57. The molecule has 1 saturated carbocycles. The number of ether oxygens (including phenoxy) is 2. The molecule has 1 fully saturated rings. The molecule has 0 atom stereocenters. The fraction of sp³-hybridized carbons (Fsp3) is 0.548. The minimum absolute atomic E-state index is 0.788. The van der Waals surface area contributed by atoms with Gasteiger partial charge in [0.25, 0.3) is 0 Å². The van der Waals surface area contributed by atoms with Crippen molar-refractivity contribution in [2.75, 3.05) is 46.3 Å². The van der Waals surface area contributed by atoms with Crippen LogP contribution in [0.15, 0.2) is 42.5 Å². The van der Waals surface area contributed by atoms with E-state index in [1.54, 1.807) is 14.2 Å². The van der Waals surface area contributed by atoms with Gasteiger partial charge in [-0.05, 0) is 80.4 Å². The molecule has 4 rings (SSSR count). The molecule has 37 heavy (non-hydrogen) atoms. The standard InChI is InChI=1S/C31H44N4O2/c1-35(2)31-26-10-6-7-11-27(26)33-30(34-31)12-8-5-9-23-13-15-25(16-14-23)22-32-20-19-24-17-18-28(36-3)29(21-24)37-4/h6-7,10-11,17-18,21,23,25,32H,5,8-9,12-16,19-20,22H2,1-4H3. The highest BCUT2D eigenvalue weighted by Crippen LogP contribution is 2.32. The Morgan fingerprint density at radius 1 is 0.865 bits per heavy atom. The Bertz CT molecular complexity index is 1130. The zero-order valence-corrected chi connectivity index (χ0v) is 23.1. The van der Waals surface area contributed by atoms with E-state index in [2.05, 4.69) is 60.7 Å². The summed E-state index contributed by atoms with van der Waals surface area (Å²) in [6.07, 6.45) is 11.2. The van der Waals surface area contributed by atoms with Crippen LogP contribution in [0.2, 0.25) is 0 Å². The molecule has 1 heterocycles. The van der Waals surface area contributed by atoms with E-state index in [1.807, 2.05) is 6.07 Å². The first-order chi connectivity index (χ1) is 18.1. The Hall–Kier alpha value is -2.86. The number of unbranched alkanes of at least 4 members (excludes halogenated alkanes) is 1. The van der Waals surface area contributed by atoms with Crippen LogP contribution in [0.1, 0.15) is 56.3 Å². The van der Waals surface area contributed by atoms with E-state index < -0.39 is 0 Å². The summed E-state index contributed by atoms with van der Waals surface area (Å²) >= 11 is 0. The normalized spacial score (nSPS) is 17.6.